The summed E-state index contributed by atoms with van der Waals surface area (Å²) in [6, 6.07) is 4.10. The number of esters is 1. The Bertz CT molecular complexity index is 650. The van der Waals surface area contributed by atoms with E-state index in [9.17, 15) is 4.79 Å². The summed E-state index contributed by atoms with van der Waals surface area (Å²) >= 11 is 0. The second-order valence-corrected chi connectivity index (χ2v) is 6.46. The van der Waals surface area contributed by atoms with Crippen LogP contribution in [0.3, 0.4) is 0 Å². The van der Waals surface area contributed by atoms with Gasteiger partial charge in [0.05, 0.1) is 12.7 Å². The number of nitrogens with zero attached hydrogens (tertiary/aromatic N) is 2. The number of benzene rings is 1. The lowest BCUT2D eigenvalue weighted by molar-refractivity contribution is 0.0600. The molecule has 2 aliphatic rings. The zero-order valence-corrected chi connectivity index (χ0v) is 14.3. The quantitative estimate of drug-likeness (QED) is 0.868. The molecule has 1 atom stereocenters. The molecular formula is C18H25N3O2. The van der Waals surface area contributed by atoms with Gasteiger partial charge in [0.1, 0.15) is 6.17 Å². The third-order valence-electron chi connectivity index (χ3n) is 5.00. The van der Waals surface area contributed by atoms with Crippen molar-refractivity contribution in [2.24, 2.45) is 5.10 Å². The number of ether oxygens (including phenoxy) is 1. The summed E-state index contributed by atoms with van der Waals surface area (Å²) in [5, 5.41) is 10.1. The average molecular weight is 315 g/mol. The van der Waals surface area contributed by atoms with Crippen molar-refractivity contribution >= 4 is 11.8 Å². The number of amidine groups is 1. The molecule has 3 rings (SSSR count). The Morgan fingerprint density at radius 3 is 2.70 bits per heavy atom. The Balaban J connectivity index is 2.05. The van der Waals surface area contributed by atoms with Crippen LogP contribution in [0, 0.1) is 6.92 Å². The van der Waals surface area contributed by atoms with Gasteiger partial charge in [0.2, 0.25) is 0 Å². The predicted molar refractivity (Wildman–Crippen MR) is 90.6 cm³/mol. The molecule has 0 bridgehead atoms. The molecule has 1 aromatic rings. The minimum atomic E-state index is -0.289. The number of hydrogen-bond acceptors (Lipinski definition) is 5. The van der Waals surface area contributed by atoms with Gasteiger partial charge in [-0.05, 0) is 49.3 Å². The molecule has 1 fully saturated rings. The zero-order chi connectivity index (χ0) is 16.6. The van der Waals surface area contributed by atoms with Crippen LogP contribution in [0.5, 0.6) is 0 Å². The Hall–Kier alpha value is -2.04. The maximum Gasteiger partial charge on any atom is 0.338 e. The third-order valence-corrected chi connectivity index (χ3v) is 5.00. The highest BCUT2D eigenvalue weighted by molar-refractivity contribution is 6.03. The molecular weight excluding hydrogens is 290 g/mol. The molecule has 0 spiro atoms. The lowest BCUT2D eigenvalue weighted by Gasteiger charge is -2.29. The van der Waals surface area contributed by atoms with Crippen LogP contribution in [-0.4, -0.2) is 37.1 Å². The van der Waals surface area contributed by atoms with Crippen molar-refractivity contribution in [2.75, 3.05) is 14.2 Å². The lowest BCUT2D eigenvalue weighted by Crippen LogP contribution is -2.36. The van der Waals surface area contributed by atoms with Crippen LogP contribution in [0.15, 0.2) is 17.2 Å². The number of carbonyl (C=O) groups excluding carboxylic acids is 1. The number of methoxy groups -OCH3 is 1. The Morgan fingerprint density at radius 1 is 1.43 bits per heavy atom. The monoisotopic (exact) mass is 315 g/mol. The summed E-state index contributed by atoms with van der Waals surface area (Å²) in [6.07, 6.45) is 4.88. The van der Waals surface area contributed by atoms with Crippen LogP contribution in [-0.2, 0) is 4.74 Å². The highest BCUT2D eigenvalue weighted by Gasteiger charge is 2.29. The summed E-state index contributed by atoms with van der Waals surface area (Å²) in [7, 11) is 3.40. The standard InChI is InChI=1S/C18H25N3O2/c1-5-16-19-17(20-21(16)3)15-10-13(18(22)23-4)11(2)9-14(15)12-7-6-8-12/h9-10,12,16H,5-8H2,1-4H3,(H,19,20). The van der Waals surface area contributed by atoms with Crippen LogP contribution in [0.25, 0.3) is 0 Å². The number of aryl methyl sites for hydroxylation is 1. The first-order valence-electron chi connectivity index (χ1n) is 8.36. The minimum absolute atomic E-state index is 0.210. The predicted octanol–water partition coefficient (Wildman–Crippen LogP) is 2.98. The highest BCUT2D eigenvalue weighted by atomic mass is 16.5. The van der Waals surface area contributed by atoms with Gasteiger partial charge in [0.15, 0.2) is 5.84 Å². The Morgan fingerprint density at radius 2 is 2.17 bits per heavy atom. The van der Waals surface area contributed by atoms with E-state index in [4.69, 9.17) is 4.74 Å². The largest absolute Gasteiger partial charge is 0.465 e. The normalized spacial score (nSPS) is 20.8. The van der Waals surface area contributed by atoms with E-state index in [1.54, 1.807) is 0 Å². The molecule has 0 saturated heterocycles. The zero-order valence-electron chi connectivity index (χ0n) is 14.3. The van der Waals surface area contributed by atoms with Crippen LogP contribution < -0.4 is 5.32 Å². The number of rotatable bonds is 4. The first kappa shape index (κ1) is 15.8. The fourth-order valence-corrected chi connectivity index (χ4v) is 3.33. The maximum atomic E-state index is 12.1. The molecule has 5 nitrogen and oxygen atoms in total. The van der Waals surface area contributed by atoms with Gasteiger partial charge in [0.25, 0.3) is 0 Å². The number of carbonyl (C=O) groups is 1. The summed E-state index contributed by atoms with van der Waals surface area (Å²) < 4.78 is 4.93. The molecule has 23 heavy (non-hydrogen) atoms. The fourth-order valence-electron chi connectivity index (χ4n) is 3.33. The van der Waals surface area contributed by atoms with Gasteiger partial charge in [-0.3, -0.25) is 5.01 Å². The molecule has 1 unspecified atom stereocenters. The number of hydrogen-bond donors (Lipinski definition) is 1. The Kier molecular flexibility index (Phi) is 4.28. The van der Waals surface area contributed by atoms with Crippen molar-refractivity contribution in [3.05, 3.63) is 34.4 Å². The van der Waals surface area contributed by atoms with E-state index in [1.807, 2.05) is 25.0 Å². The molecule has 0 radical (unpaired) electrons. The van der Waals surface area contributed by atoms with E-state index in [0.717, 1.165) is 23.4 Å². The van der Waals surface area contributed by atoms with Crippen molar-refractivity contribution < 1.29 is 9.53 Å². The second-order valence-electron chi connectivity index (χ2n) is 6.46. The van der Waals surface area contributed by atoms with Crippen LogP contribution in [0.1, 0.15) is 65.6 Å². The first-order chi connectivity index (χ1) is 11.0. The average Bonchev–Trinajstić information content (AvgIpc) is 2.86. The van der Waals surface area contributed by atoms with E-state index >= 15 is 0 Å². The molecule has 1 aliphatic heterocycles. The summed E-state index contributed by atoms with van der Waals surface area (Å²) in [4.78, 5) is 12.1. The fraction of sp³-hybridized carbons (Fsp3) is 0.556. The van der Waals surface area contributed by atoms with Crippen molar-refractivity contribution in [1.29, 1.82) is 0 Å². The number of nitrogens with one attached hydrogen (secondary N) is 1. The molecule has 1 heterocycles. The molecule has 124 valence electrons. The molecule has 1 N–H and O–H groups in total. The minimum Gasteiger partial charge on any atom is -0.465 e. The van der Waals surface area contributed by atoms with Crippen LogP contribution in [0.2, 0.25) is 0 Å². The van der Waals surface area contributed by atoms with Crippen LogP contribution >= 0.6 is 0 Å². The molecule has 1 aliphatic carbocycles. The van der Waals surface area contributed by atoms with Gasteiger partial charge < -0.3 is 10.1 Å². The first-order valence-corrected chi connectivity index (χ1v) is 8.36. The smallest absolute Gasteiger partial charge is 0.338 e. The van der Waals surface area contributed by atoms with Gasteiger partial charge in [-0.2, -0.15) is 5.10 Å². The second kappa shape index (κ2) is 6.22. The van der Waals surface area contributed by atoms with E-state index in [2.05, 4.69) is 23.4 Å². The number of hydrazone groups is 1. The van der Waals surface area contributed by atoms with Gasteiger partial charge in [0, 0.05) is 12.6 Å². The van der Waals surface area contributed by atoms with Crippen molar-refractivity contribution in [3.8, 4) is 0 Å². The SMILES string of the molecule is CCC1NC(c2cc(C(=O)OC)c(C)cc2C2CCC2)=NN1C. The Labute approximate surface area is 137 Å². The van der Waals surface area contributed by atoms with Crippen molar-refractivity contribution in [2.45, 2.75) is 51.6 Å². The molecule has 5 heteroatoms. The van der Waals surface area contributed by atoms with Crippen LogP contribution in [0.4, 0.5) is 0 Å². The van der Waals surface area contributed by atoms with Gasteiger partial charge in [-0.25, -0.2) is 4.79 Å². The van der Waals surface area contributed by atoms with Gasteiger partial charge in [-0.1, -0.05) is 19.4 Å². The molecule has 1 aromatic carbocycles. The van der Waals surface area contributed by atoms with E-state index in [-0.39, 0.29) is 12.1 Å². The maximum absolute atomic E-state index is 12.1. The highest BCUT2D eigenvalue weighted by Crippen LogP contribution is 2.39. The van der Waals surface area contributed by atoms with Gasteiger partial charge in [-0.15, -0.1) is 0 Å². The topological polar surface area (TPSA) is 53.9 Å². The third kappa shape index (κ3) is 2.80. The summed E-state index contributed by atoms with van der Waals surface area (Å²) in [5.41, 5.74) is 3.94. The van der Waals surface area contributed by atoms with E-state index < -0.39 is 0 Å². The van der Waals surface area contributed by atoms with Crippen molar-refractivity contribution in [1.82, 2.24) is 10.3 Å². The van der Waals surface area contributed by atoms with Crippen molar-refractivity contribution in [3.63, 3.8) is 0 Å². The molecule has 1 saturated carbocycles. The molecule has 0 aromatic heterocycles. The summed E-state index contributed by atoms with van der Waals surface area (Å²) in [6.45, 7) is 4.11. The van der Waals surface area contributed by atoms with E-state index in [1.165, 1.54) is 31.9 Å². The summed E-state index contributed by atoms with van der Waals surface area (Å²) in [5.74, 6) is 1.15. The van der Waals surface area contributed by atoms with E-state index in [0.29, 0.717) is 11.5 Å². The lowest BCUT2D eigenvalue weighted by atomic mass is 9.77. The molecule has 0 amide bonds. The van der Waals surface area contributed by atoms with Gasteiger partial charge >= 0.3 is 5.97 Å².